The Bertz CT molecular complexity index is 688. The lowest BCUT2D eigenvalue weighted by molar-refractivity contribution is 0.0796. The Kier molecular flexibility index (Phi) is 7.97. The highest BCUT2D eigenvalue weighted by atomic mass is 79.9. The molecule has 1 aromatic carbocycles. The van der Waals surface area contributed by atoms with Gasteiger partial charge in [-0.3, -0.25) is 9.59 Å². The maximum Gasteiger partial charge on any atom is 0.291 e. The molecule has 2 N–H and O–H groups in total. The van der Waals surface area contributed by atoms with E-state index in [2.05, 4.69) is 26.6 Å². The minimum atomic E-state index is -0.346. The van der Waals surface area contributed by atoms with E-state index in [1.165, 1.54) is 0 Å². The highest BCUT2D eigenvalue weighted by molar-refractivity contribution is 9.10. The van der Waals surface area contributed by atoms with Crippen LogP contribution in [0.25, 0.3) is 0 Å². The Morgan fingerprint density at radius 1 is 1.17 bits per heavy atom. The molecule has 8 heteroatoms. The van der Waals surface area contributed by atoms with Crippen molar-refractivity contribution in [1.29, 1.82) is 0 Å². The summed E-state index contributed by atoms with van der Waals surface area (Å²) in [5, 5.41) is 5.71. The summed E-state index contributed by atoms with van der Waals surface area (Å²) < 4.78 is 5.68. The Hall–Kier alpha value is -1.83. The molecule has 0 atom stereocenters. The number of halogens is 2. The van der Waals surface area contributed by atoms with E-state index in [-0.39, 0.29) is 30.0 Å². The fraction of sp³-hybridized carbons (Fsp3) is 0.250. The second-order valence-electron chi connectivity index (χ2n) is 4.97. The van der Waals surface area contributed by atoms with Crippen molar-refractivity contribution in [3.8, 4) is 0 Å². The van der Waals surface area contributed by atoms with Crippen molar-refractivity contribution in [2.75, 3.05) is 32.5 Å². The summed E-state index contributed by atoms with van der Waals surface area (Å²) in [6, 6.07) is 9.98. The summed E-state index contributed by atoms with van der Waals surface area (Å²) in [6.45, 7) is 1.36. The van der Waals surface area contributed by atoms with Crippen LogP contribution in [0, 0.1) is 0 Å². The number of benzene rings is 1. The predicted octanol–water partition coefficient (Wildman–Crippen LogP) is 3.01. The molecule has 130 valence electrons. The maximum absolute atomic E-state index is 12.2. The monoisotopic (exact) mass is 415 g/mol. The van der Waals surface area contributed by atoms with Crippen LogP contribution in [-0.4, -0.2) is 43.9 Å². The molecule has 0 aliphatic rings. The number of nitrogens with zero attached hydrogens (tertiary/aromatic N) is 1. The highest BCUT2D eigenvalue weighted by Gasteiger charge is 2.13. The summed E-state index contributed by atoms with van der Waals surface area (Å²) in [5.74, 6) is -0.196. The molecule has 0 bridgehead atoms. The molecule has 0 aliphatic heterocycles. The summed E-state index contributed by atoms with van der Waals surface area (Å²) in [7, 11) is 3.59. The zero-order valence-corrected chi connectivity index (χ0v) is 15.7. The van der Waals surface area contributed by atoms with Crippen molar-refractivity contribution in [3.63, 3.8) is 0 Å². The lowest BCUT2D eigenvalue weighted by atomic mass is 10.2. The van der Waals surface area contributed by atoms with Crippen LogP contribution in [0.1, 0.15) is 20.9 Å². The van der Waals surface area contributed by atoms with Gasteiger partial charge in [0.2, 0.25) is 0 Å². The first-order chi connectivity index (χ1) is 11.0. The minimum absolute atomic E-state index is 0. The molecule has 0 radical (unpaired) electrons. The Morgan fingerprint density at radius 2 is 1.83 bits per heavy atom. The van der Waals surface area contributed by atoms with Gasteiger partial charge < -0.3 is 20.0 Å². The second-order valence-corrected chi connectivity index (χ2v) is 5.75. The second kappa shape index (κ2) is 9.46. The number of nitrogens with one attached hydrogen (secondary N) is 2. The van der Waals surface area contributed by atoms with Gasteiger partial charge >= 0.3 is 0 Å². The molecule has 0 aliphatic carbocycles. The zero-order valence-electron chi connectivity index (χ0n) is 13.3. The molecule has 0 saturated carbocycles. The molecular formula is C16H19BrClN3O3. The average molecular weight is 417 g/mol. The lowest BCUT2D eigenvalue weighted by Gasteiger charge is -2.17. The van der Waals surface area contributed by atoms with Gasteiger partial charge in [-0.2, -0.15) is 0 Å². The van der Waals surface area contributed by atoms with E-state index in [0.717, 1.165) is 6.54 Å². The molecule has 1 heterocycles. The summed E-state index contributed by atoms with van der Waals surface area (Å²) in [4.78, 5) is 25.8. The number of hydrogen-bond donors (Lipinski definition) is 2. The molecule has 0 unspecified atom stereocenters. The van der Waals surface area contributed by atoms with Gasteiger partial charge in [0, 0.05) is 31.4 Å². The smallest absolute Gasteiger partial charge is 0.291 e. The summed E-state index contributed by atoms with van der Waals surface area (Å²) in [5.41, 5.74) is 1.17. The minimum Gasteiger partial charge on any atom is -0.444 e. The molecular weight excluding hydrogens is 398 g/mol. The van der Waals surface area contributed by atoms with Gasteiger partial charge in [0.15, 0.2) is 10.4 Å². The van der Waals surface area contributed by atoms with E-state index in [0.29, 0.717) is 22.5 Å². The number of anilines is 1. The van der Waals surface area contributed by atoms with E-state index in [1.54, 1.807) is 48.3 Å². The van der Waals surface area contributed by atoms with E-state index >= 15 is 0 Å². The number of rotatable bonds is 6. The average Bonchev–Trinajstić information content (AvgIpc) is 2.99. The standard InChI is InChI=1S/C16H18BrN3O3.ClH/c1-18-9-10-20(2)16(22)11-3-5-12(6-4-11)19-15(21)13-7-8-14(17)23-13;/h3-8,18H,9-10H2,1-2H3,(H,19,21);1H. The number of hydrogen-bond acceptors (Lipinski definition) is 4. The predicted molar refractivity (Wildman–Crippen MR) is 98.9 cm³/mol. The maximum atomic E-state index is 12.2. The molecule has 2 amide bonds. The van der Waals surface area contributed by atoms with Gasteiger partial charge in [0.05, 0.1) is 0 Å². The third kappa shape index (κ3) is 5.36. The molecule has 1 aromatic heterocycles. The normalized spacial score (nSPS) is 9.96. The van der Waals surface area contributed by atoms with Crippen LogP contribution in [0.2, 0.25) is 0 Å². The number of furan rings is 1. The van der Waals surface area contributed by atoms with Gasteiger partial charge in [-0.15, -0.1) is 12.4 Å². The first-order valence-electron chi connectivity index (χ1n) is 7.08. The first kappa shape index (κ1) is 20.2. The van der Waals surface area contributed by atoms with Gasteiger partial charge in [0.1, 0.15) is 0 Å². The van der Waals surface area contributed by atoms with E-state index in [9.17, 15) is 9.59 Å². The number of carbonyl (C=O) groups excluding carboxylic acids is 2. The van der Waals surface area contributed by atoms with Crippen molar-refractivity contribution in [2.45, 2.75) is 0 Å². The van der Waals surface area contributed by atoms with Crippen LogP contribution in [0.4, 0.5) is 5.69 Å². The molecule has 0 saturated heterocycles. The summed E-state index contributed by atoms with van der Waals surface area (Å²) >= 11 is 3.15. The van der Waals surface area contributed by atoms with Crippen LogP contribution in [0.3, 0.4) is 0 Å². The topological polar surface area (TPSA) is 74.6 Å². The van der Waals surface area contributed by atoms with Crippen molar-refractivity contribution in [3.05, 3.63) is 52.4 Å². The zero-order chi connectivity index (χ0) is 16.8. The molecule has 0 fully saturated rings. The van der Waals surface area contributed by atoms with Crippen molar-refractivity contribution < 1.29 is 14.0 Å². The van der Waals surface area contributed by atoms with Gasteiger partial charge in [0.25, 0.3) is 11.8 Å². The van der Waals surface area contributed by atoms with Crippen LogP contribution in [0.5, 0.6) is 0 Å². The van der Waals surface area contributed by atoms with Crippen molar-refractivity contribution in [1.82, 2.24) is 10.2 Å². The van der Waals surface area contributed by atoms with Crippen LogP contribution >= 0.6 is 28.3 Å². The van der Waals surface area contributed by atoms with E-state index in [4.69, 9.17) is 4.42 Å². The number of likely N-dealkylation sites (N-methyl/N-ethyl adjacent to an activating group) is 2. The Balaban J connectivity index is 0.00000288. The van der Waals surface area contributed by atoms with Crippen LogP contribution in [0.15, 0.2) is 45.5 Å². The van der Waals surface area contributed by atoms with Crippen LogP contribution < -0.4 is 10.6 Å². The molecule has 24 heavy (non-hydrogen) atoms. The van der Waals surface area contributed by atoms with E-state index in [1.807, 2.05) is 7.05 Å². The van der Waals surface area contributed by atoms with Crippen molar-refractivity contribution in [2.24, 2.45) is 0 Å². The summed E-state index contributed by atoms with van der Waals surface area (Å²) in [6.07, 6.45) is 0. The molecule has 0 spiro atoms. The molecule has 2 rings (SSSR count). The van der Waals surface area contributed by atoms with Gasteiger partial charge in [-0.05, 0) is 59.4 Å². The van der Waals surface area contributed by atoms with Gasteiger partial charge in [-0.1, -0.05) is 0 Å². The van der Waals surface area contributed by atoms with Gasteiger partial charge in [-0.25, -0.2) is 0 Å². The van der Waals surface area contributed by atoms with E-state index < -0.39 is 0 Å². The SMILES string of the molecule is CNCCN(C)C(=O)c1ccc(NC(=O)c2ccc(Br)o2)cc1.Cl. The largest absolute Gasteiger partial charge is 0.444 e. The Labute approximate surface area is 155 Å². The third-order valence-corrected chi connectivity index (χ3v) is 3.66. The fourth-order valence-corrected chi connectivity index (χ4v) is 2.23. The fourth-order valence-electron chi connectivity index (χ4n) is 1.93. The van der Waals surface area contributed by atoms with Crippen LogP contribution in [-0.2, 0) is 0 Å². The number of carbonyl (C=O) groups is 2. The quantitative estimate of drug-likeness (QED) is 0.759. The van der Waals surface area contributed by atoms with Crippen molar-refractivity contribution >= 4 is 45.8 Å². The molecule has 2 aromatic rings. The Morgan fingerprint density at radius 3 is 2.38 bits per heavy atom. The first-order valence-corrected chi connectivity index (χ1v) is 7.87. The lowest BCUT2D eigenvalue weighted by Crippen LogP contribution is -2.32. The third-order valence-electron chi connectivity index (χ3n) is 3.23. The number of amides is 2. The highest BCUT2D eigenvalue weighted by Crippen LogP contribution is 2.16. The molecule has 6 nitrogen and oxygen atoms in total.